The van der Waals surface area contributed by atoms with Gasteiger partial charge >= 0.3 is 0 Å². The Morgan fingerprint density at radius 1 is 0.328 bits per heavy atom. The average molecular weight is 816 g/mol. The Labute approximate surface area is 375 Å². The van der Waals surface area contributed by atoms with Crippen LogP contribution in [0.1, 0.15) is 25.0 Å². The highest BCUT2D eigenvalue weighted by molar-refractivity contribution is 6.26. The molecule has 0 saturated heterocycles. The van der Waals surface area contributed by atoms with Gasteiger partial charge in [-0.3, -0.25) is 0 Å². The van der Waals surface area contributed by atoms with E-state index in [2.05, 4.69) is 255 Å². The molecule has 0 spiro atoms. The molecule has 0 unspecified atom stereocenters. The van der Waals surface area contributed by atoms with E-state index in [4.69, 9.17) is 0 Å². The average Bonchev–Trinajstić information content (AvgIpc) is 3.82. The number of hydrogen-bond acceptors (Lipinski definition) is 0. The minimum absolute atomic E-state index is 0.113. The molecule has 302 valence electrons. The van der Waals surface area contributed by atoms with Gasteiger partial charge in [-0.2, -0.15) is 0 Å². The molecule has 1 heterocycles. The second-order valence-corrected chi connectivity index (χ2v) is 17.6. The Kier molecular flexibility index (Phi) is 8.91. The van der Waals surface area contributed by atoms with E-state index in [-0.39, 0.29) is 5.41 Å². The van der Waals surface area contributed by atoms with Gasteiger partial charge in [0, 0.05) is 38.6 Å². The third-order valence-electron chi connectivity index (χ3n) is 13.6. The van der Waals surface area contributed by atoms with Gasteiger partial charge < -0.3 is 4.57 Å². The molecule has 11 aromatic rings. The van der Waals surface area contributed by atoms with Gasteiger partial charge in [-0.15, -0.1) is 0 Å². The highest BCUT2D eigenvalue weighted by atomic mass is 15.0. The minimum Gasteiger partial charge on any atom is -0.309 e. The number of benzene rings is 10. The molecule has 0 aliphatic heterocycles. The van der Waals surface area contributed by atoms with E-state index in [1.54, 1.807) is 0 Å². The summed E-state index contributed by atoms with van der Waals surface area (Å²) < 4.78 is 2.54. The Balaban J connectivity index is 1.20. The van der Waals surface area contributed by atoms with Crippen LogP contribution in [0, 0.1) is 0 Å². The predicted molar refractivity (Wildman–Crippen MR) is 271 cm³/mol. The van der Waals surface area contributed by atoms with E-state index >= 15 is 0 Å². The lowest BCUT2D eigenvalue weighted by Crippen LogP contribution is -2.16. The summed E-state index contributed by atoms with van der Waals surface area (Å²) in [6, 6.07) is 87.1. The van der Waals surface area contributed by atoms with E-state index < -0.39 is 0 Å². The van der Waals surface area contributed by atoms with Crippen molar-refractivity contribution in [2.45, 2.75) is 19.3 Å². The number of nitrogens with zero attached hydrogens (tertiary/aromatic N) is 1. The lowest BCUT2D eigenvalue weighted by Gasteiger charge is -2.24. The van der Waals surface area contributed by atoms with Crippen molar-refractivity contribution in [2.75, 3.05) is 0 Å². The fraction of sp³-hybridized carbons (Fsp3) is 0.0476. The zero-order valence-corrected chi connectivity index (χ0v) is 36.0. The van der Waals surface area contributed by atoms with Gasteiger partial charge in [0.25, 0.3) is 0 Å². The first kappa shape index (κ1) is 37.7. The van der Waals surface area contributed by atoms with Crippen LogP contribution >= 0.6 is 0 Å². The summed E-state index contributed by atoms with van der Waals surface area (Å²) in [6.45, 7) is 4.75. The van der Waals surface area contributed by atoms with Crippen molar-refractivity contribution in [3.8, 4) is 83.6 Å². The summed E-state index contributed by atoms with van der Waals surface area (Å²) >= 11 is 0. The summed E-state index contributed by atoms with van der Waals surface area (Å²) in [5, 5.41) is 2.45. The highest BCUT2D eigenvalue weighted by Gasteiger charge is 2.37. The van der Waals surface area contributed by atoms with Gasteiger partial charge in [0.1, 0.15) is 0 Å². The van der Waals surface area contributed by atoms with E-state index in [9.17, 15) is 0 Å². The van der Waals surface area contributed by atoms with Crippen molar-refractivity contribution < 1.29 is 0 Å². The zero-order valence-electron chi connectivity index (χ0n) is 36.0. The SMILES string of the molecule is CC1(C)c2ccccc2-c2cccc(-c3cccc(-c4ccc5c6c(-c7ccccc7)c(-c7ccccc7)c(-c7ccccc7)c(-c7ccccc7)c6n(-c6ccccc6)c5c4)c3)c21. The number of hydrogen-bond donors (Lipinski definition) is 0. The summed E-state index contributed by atoms with van der Waals surface area (Å²) in [7, 11) is 0. The number of para-hydroxylation sites is 1. The lowest BCUT2D eigenvalue weighted by atomic mass is 9.78. The first-order valence-electron chi connectivity index (χ1n) is 22.4. The van der Waals surface area contributed by atoms with Gasteiger partial charge in [-0.25, -0.2) is 0 Å². The molecule has 1 aromatic heterocycles. The Bertz CT molecular complexity index is 3530. The van der Waals surface area contributed by atoms with Crippen molar-refractivity contribution in [3.05, 3.63) is 248 Å². The molecule has 1 aliphatic carbocycles. The molecule has 12 rings (SSSR count). The molecule has 0 N–H and O–H groups in total. The summed E-state index contributed by atoms with van der Waals surface area (Å²) in [4.78, 5) is 0. The van der Waals surface area contributed by atoms with E-state index in [0.29, 0.717) is 0 Å². The maximum atomic E-state index is 2.54. The maximum Gasteiger partial charge on any atom is 0.0632 e. The Morgan fingerprint density at radius 3 is 1.42 bits per heavy atom. The van der Waals surface area contributed by atoms with E-state index in [0.717, 1.165) is 5.69 Å². The summed E-state index contributed by atoms with van der Waals surface area (Å²) in [5.74, 6) is 0. The molecule has 1 heteroatoms. The number of rotatable bonds is 7. The van der Waals surface area contributed by atoms with Crippen LogP contribution in [-0.2, 0) is 5.41 Å². The largest absolute Gasteiger partial charge is 0.309 e. The molecule has 0 amide bonds. The smallest absolute Gasteiger partial charge is 0.0632 e. The van der Waals surface area contributed by atoms with Gasteiger partial charge in [0.2, 0.25) is 0 Å². The summed E-state index contributed by atoms with van der Waals surface area (Å²) in [5.41, 5.74) is 23.4. The Morgan fingerprint density at radius 2 is 0.781 bits per heavy atom. The topological polar surface area (TPSA) is 4.93 Å². The second kappa shape index (κ2) is 15.1. The van der Waals surface area contributed by atoms with Crippen molar-refractivity contribution in [2.24, 2.45) is 0 Å². The summed E-state index contributed by atoms with van der Waals surface area (Å²) in [6.07, 6.45) is 0. The number of fused-ring (bicyclic) bond motifs is 6. The van der Waals surface area contributed by atoms with E-state index in [1.807, 2.05) is 0 Å². The van der Waals surface area contributed by atoms with Gasteiger partial charge in [0.05, 0.1) is 11.0 Å². The van der Waals surface area contributed by atoms with Crippen molar-refractivity contribution in [1.29, 1.82) is 0 Å². The Hall–Kier alpha value is -8.00. The monoisotopic (exact) mass is 815 g/mol. The zero-order chi connectivity index (χ0) is 42.8. The molecule has 1 nitrogen and oxygen atoms in total. The maximum absolute atomic E-state index is 2.54. The van der Waals surface area contributed by atoms with Crippen molar-refractivity contribution in [1.82, 2.24) is 4.57 Å². The van der Waals surface area contributed by atoms with Crippen molar-refractivity contribution >= 4 is 21.8 Å². The third-order valence-corrected chi connectivity index (χ3v) is 13.6. The predicted octanol–water partition coefficient (Wildman–Crippen LogP) is 17.1. The molecule has 0 saturated carbocycles. The molecule has 64 heavy (non-hydrogen) atoms. The molecule has 0 fully saturated rings. The molecular formula is C63H45N. The van der Waals surface area contributed by atoms with Crippen LogP contribution in [0.4, 0.5) is 0 Å². The van der Waals surface area contributed by atoms with Crippen LogP contribution in [0.15, 0.2) is 237 Å². The molecule has 0 atom stereocenters. The number of aromatic nitrogens is 1. The van der Waals surface area contributed by atoms with E-state index in [1.165, 1.54) is 111 Å². The van der Waals surface area contributed by atoms with Crippen LogP contribution in [0.5, 0.6) is 0 Å². The van der Waals surface area contributed by atoms with Crippen LogP contribution in [0.25, 0.3) is 105 Å². The van der Waals surface area contributed by atoms with Gasteiger partial charge in [-0.05, 0) is 96.6 Å². The lowest BCUT2D eigenvalue weighted by molar-refractivity contribution is 0.662. The highest BCUT2D eigenvalue weighted by Crippen LogP contribution is 2.55. The van der Waals surface area contributed by atoms with Crippen LogP contribution in [0.2, 0.25) is 0 Å². The van der Waals surface area contributed by atoms with Crippen LogP contribution < -0.4 is 0 Å². The third kappa shape index (κ3) is 5.93. The molecule has 0 bridgehead atoms. The molecule has 10 aromatic carbocycles. The van der Waals surface area contributed by atoms with Gasteiger partial charge in [0.15, 0.2) is 0 Å². The quantitative estimate of drug-likeness (QED) is 0.151. The fourth-order valence-corrected chi connectivity index (χ4v) is 10.8. The van der Waals surface area contributed by atoms with Gasteiger partial charge in [-0.1, -0.05) is 226 Å². The van der Waals surface area contributed by atoms with Crippen molar-refractivity contribution in [3.63, 3.8) is 0 Å². The van der Waals surface area contributed by atoms with Crippen LogP contribution in [-0.4, -0.2) is 4.57 Å². The second-order valence-electron chi connectivity index (χ2n) is 17.6. The fourth-order valence-electron chi connectivity index (χ4n) is 10.8. The van der Waals surface area contributed by atoms with Crippen LogP contribution in [0.3, 0.4) is 0 Å². The first-order chi connectivity index (χ1) is 31.6. The minimum atomic E-state index is -0.113. The molecular weight excluding hydrogens is 771 g/mol. The normalized spacial score (nSPS) is 12.7. The standard InChI is InChI=1S/C63H45N/c1-63(2)54-37-19-18-34-51(54)52-36-21-35-50(61(52)63)48-31-20-30-46(40-48)47-38-39-53-55(41-47)64(49-32-16-7-17-33-49)62-59(45-28-14-6-15-29-45)57(43-24-10-4-11-25-43)56(42-22-8-3-9-23-42)58(60(53)62)44-26-12-5-13-27-44/h3-41H,1-2H3. The molecule has 1 aliphatic rings. The first-order valence-corrected chi connectivity index (χ1v) is 22.4. The molecule has 0 radical (unpaired) electrons.